The van der Waals surface area contributed by atoms with Crippen LogP contribution in [0, 0.1) is 0 Å². The first-order valence-corrected chi connectivity index (χ1v) is 28.1. The maximum atomic E-state index is 4.46. The summed E-state index contributed by atoms with van der Waals surface area (Å²) in [5.41, 5.74) is 27.8. The van der Waals surface area contributed by atoms with Gasteiger partial charge in [-0.1, -0.05) is 190 Å². The van der Waals surface area contributed by atoms with Crippen molar-refractivity contribution in [3.63, 3.8) is 0 Å². The highest BCUT2D eigenvalue weighted by molar-refractivity contribution is 6.17. The summed E-state index contributed by atoms with van der Waals surface area (Å²) in [4.78, 5) is 0. The molecule has 3 aromatic heterocycles. The summed E-state index contributed by atoms with van der Waals surface area (Å²) in [6.45, 7) is 11.3. The van der Waals surface area contributed by atoms with Crippen LogP contribution in [0.4, 0.5) is 0 Å². The Hall–Kier alpha value is -9.96. The van der Waals surface area contributed by atoms with Crippen LogP contribution < -0.4 is 0 Å². The zero-order valence-corrected chi connectivity index (χ0v) is 44.8. The van der Waals surface area contributed by atoms with Gasteiger partial charge in [0.05, 0.1) is 44.2 Å². The van der Waals surface area contributed by atoms with Gasteiger partial charge < -0.3 is 13.7 Å². The molecule has 0 radical (unpaired) electrons. The number of nitrogens with zero attached hydrogens (tertiary/aromatic N) is 3. The van der Waals surface area contributed by atoms with Crippen molar-refractivity contribution in [2.24, 2.45) is 0 Å². The number of rotatable bonds is 6. The molecule has 80 heavy (non-hydrogen) atoms. The molecule has 0 saturated heterocycles. The summed E-state index contributed by atoms with van der Waals surface area (Å²) >= 11 is 0. The fraction of sp³-hybridized carbons (Fsp3) is 0.0649. The van der Waals surface area contributed by atoms with Crippen LogP contribution in [0.5, 0.6) is 0 Å². The Morgan fingerprint density at radius 3 is 1.57 bits per heavy atom. The standard InChI is InChI=1S/C77H53N3/c1-5-20-63-53(6-2)54-25-13-15-28-64(54)77(63)65-29-16-14-26-55(65)57-45-62-60-43-50(49-35-39-72-58(42-49)56-27-19-31-67-75(56)80(72)73-32-18-17-30-66(73)76(67,3)4)34-38-70(60)79(74(62)46-68(57)77)52-36-40-71-61(44-52)59-41-48(47-21-9-7-10-22-47)33-37-69(59)78(71)51-23-11-8-12-24-51/h5-46H,2H2,1,3-4H3/b20-5-. The Balaban J connectivity index is 0.953. The smallest absolute Gasteiger partial charge is 0.0726 e. The average Bonchev–Trinajstić information content (AvgIpc) is 4.45. The average molecular weight is 1020 g/mol. The van der Waals surface area contributed by atoms with Crippen LogP contribution in [0.15, 0.2) is 267 Å². The van der Waals surface area contributed by atoms with Crippen LogP contribution in [-0.2, 0) is 10.8 Å². The molecular weight excluding hydrogens is 967 g/mol. The lowest BCUT2D eigenvalue weighted by Crippen LogP contribution is -2.26. The summed E-state index contributed by atoms with van der Waals surface area (Å²) in [5.74, 6) is 0. The molecule has 17 rings (SSSR count). The van der Waals surface area contributed by atoms with Gasteiger partial charge in [-0.05, 0) is 170 Å². The summed E-state index contributed by atoms with van der Waals surface area (Å²) in [7, 11) is 0. The fourth-order valence-electron chi connectivity index (χ4n) is 15.1. The number of para-hydroxylation sites is 3. The molecule has 14 aromatic rings. The van der Waals surface area contributed by atoms with Crippen molar-refractivity contribution in [3.8, 4) is 50.4 Å². The van der Waals surface area contributed by atoms with E-state index in [1.165, 1.54) is 149 Å². The third kappa shape index (κ3) is 5.78. The molecule has 0 bridgehead atoms. The molecule has 0 saturated carbocycles. The van der Waals surface area contributed by atoms with Gasteiger partial charge in [0.25, 0.3) is 0 Å². The summed E-state index contributed by atoms with van der Waals surface area (Å²) in [6.07, 6.45) is 6.62. The van der Waals surface area contributed by atoms with E-state index in [1.54, 1.807) is 0 Å². The SMILES string of the molecule is C=CC1=C(/C=C\C)C2(c3ccccc31)c1ccccc1-c1cc3c4cc(-c5ccc6c(c5)c5cccc7c5n6-c5ccccc5C7(C)C)ccc4n(-c4ccc5c(c4)c4cc(-c6ccccc6)ccc4n5-c4ccccc4)c3cc12. The predicted octanol–water partition coefficient (Wildman–Crippen LogP) is 19.8. The Morgan fingerprint density at radius 1 is 0.362 bits per heavy atom. The second-order valence-electron chi connectivity index (χ2n) is 22.7. The van der Waals surface area contributed by atoms with E-state index in [0.29, 0.717) is 0 Å². The molecule has 0 N–H and O–H groups in total. The number of hydrogen-bond donors (Lipinski definition) is 0. The van der Waals surface area contributed by atoms with Crippen molar-refractivity contribution >= 4 is 71.0 Å². The maximum absolute atomic E-state index is 4.46. The van der Waals surface area contributed by atoms with E-state index in [4.69, 9.17) is 0 Å². The van der Waals surface area contributed by atoms with Crippen LogP contribution in [0.2, 0.25) is 0 Å². The van der Waals surface area contributed by atoms with Gasteiger partial charge in [-0.2, -0.15) is 0 Å². The molecule has 2 aliphatic carbocycles. The minimum Gasteiger partial charge on any atom is -0.309 e. The molecule has 1 aliphatic heterocycles. The summed E-state index contributed by atoms with van der Waals surface area (Å²) in [5, 5.41) is 7.44. The first kappa shape index (κ1) is 45.1. The third-order valence-electron chi connectivity index (χ3n) is 18.5. The van der Waals surface area contributed by atoms with Gasteiger partial charge in [0.15, 0.2) is 0 Å². The Labute approximate surface area is 464 Å². The van der Waals surface area contributed by atoms with Crippen LogP contribution in [0.25, 0.3) is 121 Å². The lowest BCUT2D eigenvalue weighted by atomic mass is 9.69. The number of fused-ring (bicyclic) bond motifs is 18. The minimum absolute atomic E-state index is 0.128. The van der Waals surface area contributed by atoms with Crippen LogP contribution in [0.1, 0.15) is 54.2 Å². The van der Waals surface area contributed by atoms with E-state index < -0.39 is 5.41 Å². The lowest BCUT2D eigenvalue weighted by molar-refractivity contribution is 0.630. The van der Waals surface area contributed by atoms with E-state index in [2.05, 4.69) is 296 Å². The van der Waals surface area contributed by atoms with Gasteiger partial charge in [-0.15, -0.1) is 0 Å². The zero-order valence-electron chi connectivity index (χ0n) is 44.8. The molecular formula is C77H53N3. The highest BCUT2D eigenvalue weighted by atomic mass is 15.0. The van der Waals surface area contributed by atoms with Gasteiger partial charge in [-0.3, -0.25) is 0 Å². The number of benzene rings is 11. The summed E-state index contributed by atoms with van der Waals surface area (Å²) < 4.78 is 7.50. The molecule has 1 unspecified atom stereocenters. The minimum atomic E-state index is -0.550. The van der Waals surface area contributed by atoms with Crippen molar-refractivity contribution in [1.82, 2.24) is 13.7 Å². The van der Waals surface area contributed by atoms with Crippen LogP contribution in [-0.4, -0.2) is 13.7 Å². The number of aromatic nitrogens is 3. The predicted molar refractivity (Wildman–Crippen MR) is 336 cm³/mol. The van der Waals surface area contributed by atoms with Crippen molar-refractivity contribution in [2.45, 2.75) is 31.6 Å². The Kier molecular flexibility index (Phi) is 9.19. The topological polar surface area (TPSA) is 14.8 Å². The lowest BCUT2D eigenvalue weighted by Gasteiger charge is -2.34. The van der Waals surface area contributed by atoms with E-state index in [-0.39, 0.29) is 5.41 Å². The molecule has 3 aliphatic rings. The van der Waals surface area contributed by atoms with E-state index in [0.717, 1.165) is 11.4 Å². The molecule has 0 amide bonds. The van der Waals surface area contributed by atoms with Gasteiger partial charge in [0.2, 0.25) is 0 Å². The van der Waals surface area contributed by atoms with Crippen molar-refractivity contribution in [2.75, 3.05) is 0 Å². The van der Waals surface area contributed by atoms with Gasteiger partial charge in [0.1, 0.15) is 0 Å². The normalized spacial score (nSPS) is 15.8. The Morgan fingerprint density at radius 2 is 0.887 bits per heavy atom. The van der Waals surface area contributed by atoms with E-state index >= 15 is 0 Å². The maximum Gasteiger partial charge on any atom is 0.0726 e. The summed E-state index contributed by atoms with van der Waals surface area (Å²) in [6, 6.07) is 89.2. The largest absolute Gasteiger partial charge is 0.309 e. The molecule has 3 heteroatoms. The van der Waals surface area contributed by atoms with Crippen molar-refractivity contribution in [3.05, 3.63) is 300 Å². The monoisotopic (exact) mass is 1020 g/mol. The van der Waals surface area contributed by atoms with E-state index in [1.807, 2.05) is 0 Å². The second-order valence-corrected chi connectivity index (χ2v) is 22.7. The molecule has 376 valence electrons. The van der Waals surface area contributed by atoms with E-state index in [9.17, 15) is 0 Å². The van der Waals surface area contributed by atoms with Crippen molar-refractivity contribution < 1.29 is 0 Å². The van der Waals surface area contributed by atoms with Gasteiger partial charge >= 0.3 is 0 Å². The highest BCUT2D eigenvalue weighted by Crippen LogP contribution is 2.63. The first-order valence-electron chi connectivity index (χ1n) is 28.1. The number of hydrogen-bond acceptors (Lipinski definition) is 0. The molecule has 1 spiro atoms. The molecule has 1 atom stereocenters. The molecule has 4 heterocycles. The number of allylic oxidation sites excluding steroid dienone is 5. The third-order valence-corrected chi connectivity index (χ3v) is 18.5. The van der Waals surface area contributed by atoms with Crippen molar-refractivity contribution in [1.29, 1.82) is 0 Å². The van der Waals surface area contributed by atoms with Crippen LogP contribution in [0.3, 0.4) is 0 Å². The first-order chi connectivity index (χ1) is 39.4. The van der Waals surface area contributed by atoms with Gasteiger partial charge in [0, 0.05) is 49.1 Å². The zero-order chi connectivity index (χ0) is 53.2. The second kappa shape index (κ2) is 16.3. The van der Waals surface area contributed by atoms with Gasteiger partial charge in [-0.25, -0.2) is 0 Å². The highest BCUT2D eigenvalue weighted by Gasteiger charge is 2.52. The molecule has 0 fully saturated rings. The van der Waals surface area contributed by atoms with Crippen LogP contribution >= 0.6 is 0 Å². The quantitative estimate of drug-likeness (QED) is 0.158. The molecule has 3 nitrogen and oxygen atoms in total. The fourth-order valence-corrected chi connectivity index (χ4v) is 15.1. The molecule has 11 aromatic carbocycles. The Bertz CT molecular complexity index is 5110.